The molecule has 9 heteroatoms. The number of aromatic nitrogens is 4. The molecule has 0 atom stereocenters. The van der Waals surface area contributed by atoms with E-state index in [2.05, 4.69) is 15.4 Å². The number of nitrogens with one attached hydrogen (secondary N) is 1. The second kappa shape index (κ2) is 8.31. The lowest BCUT2D eigenvalue weighted by molar-refractivity contribution is -0.116. The highest BCUT2D eigenvalue weighted by molar-refractivity contribution is 7.18. The third-order valence-corrected chi connectivity index (χ3v) is 6.88. The number of rotatable bonds is 4. The molecule has 1 aromatic carbocycles. The fourth-order valence-electron chi connectivity index (χ4n) is 4.18. The van der Waals surface area contributed by atoms with Gasteiger partial charge < -0.3 is 5.32 Å². The number of thiophene rings is 1. The van der Waals surface area contributed by atoms with Crippen molar-refractivity contribution in [1.29, 1.82) is 0 Å². The van der Waals surface area contributed by atoms with E-state index >= 15 is 0 Å². The third-order valence-electron chi connectivity index (χ3n) is 5.68. The highest BCUT2D eigenvalue weighted by atomic mass is 32.1. The summed E-state index contributed by atoms with van der Waals surface area (Å²) in [5, 5.41) is 7.86. The van der Waals surface area contributed by atoms with Gasteiger partial charge in [0, 0.05) is 10.9 Å². The van der Waals surface area contributed by atoms with Crippen molar-refractivity contribution in [3.8, 4) is 5.69 Å². The number of carbonyl (C=O) groups is 1. The number of nitrogens with zero attached hydrogens (tertiary/aromatic N) is 4. The average Bonchev–Trinajstić information content (AvgIpc) is 3.22. The Hall–Kier alpha value is -3.33. The quantitative estimate of drug-likeness (QED) is 0.476. The number of anilines is 1. The van der Waals surface area contributed by atoms with Crippen LogP contribution < -0.4 is 10.9 Å². The number of aryl methyl sites for hydroxylation is 3. The predicted octanol–water partition coefficient (Wildman–Crippen LogP) is 4.00. The van der Waals surface area contributed by atoms with Gasteiger partial charge in [-0.15, -0.1) is 11.3 Å². The summed E-state index contributed by atoms with van der Waals surface area (Å²) < 4.78 is 16.2. The molecule has 7 nitrogen and oxygen atoms in total. The summed E-state index contributed by atoms with van der Waals surface area (Å²) in [6, 6.07) is 7.57. The zero-order chi connectivity index (χ0) is 22.2. The molecule has 1 aliphatic rings. The number of halogens is 1. The Labute approximate surface area is 187 Å². The van der Waals surface area contributed by atoms with Gasteiger partial charge in [-0.25, -0.2) is 14.1 Å². The Morgan fingerprint density at radius 1 is 1.19 bits per heavy atom. The molecule has 5 rings (SSSR count). The SMILES string of the molecule is Cc1cc(NC(=O)Cn2cnc3sc4c(c3c2=O)CCCCC4)n(-c2ccc(F)cc2)n1. The summed E-state index contributed by atoms with van der Waals surface area (Å²) in [7, 11) is 0. The van der Waals surface area contributed by atoms with Crippen LogP contribution in [0.2, 0.25) is 0 Å². The van der Waals surface area contributed by atoms with Crippen LogP contribution in [-0.2, 0) is 24.2 Å². The van der Waals surface area contributed by atoms with Crippen LogP contribution in [-0.4, -0.2) is 25.2 Å². The van der Waals surface area contributed by atoms with Crippen LogP contribution in [0.3, 0.4) is 0 Å². The first kappa shape index (κ1) is 20.6. The highest BCUT2D eigenvalue weighted by Gasteiger charge is 2.20. The van der Waals surface area contributed by atoms with Crippen molar-refractivity contribution >= 4 is 33.3 Å². The minimum atomic E-state index is -0.363. The van der Waals surface area contributed by atoms with Crippen molar-refractivity contribution in [2.45, 2.75) is 45.6 Å². The van der Waals surface area contributed by atoms with Crippen LogP contribution >= 0.6 is 11.3 Å². The Morgan fingerprint density at radius 3 is 2.78 bits per heavy atom. The molecule has 1 aliphatic carbocycles. The number of amides is 1. The van der Waals surface area contributed by atoms with Gasteiger partial charge in [-0.2, -0.15) is 5.10 Å². The maximum Gasteiger partial charge on any atom is 0.262 e. The van der Waals surface area contributed by atoms with Crippen molar-refractivity contribution in [1.82, 2.24) is 19.3 Å². The van der Waals surface area contributed by atoms with Crippen LogP contribution in [0.25, 0.3) is 15.9 Å². The van der Waals surface area contributed by atoms with Gasteiger partial charge in [-0.05, 0) is 62.4 Å². The van der Waals surface area contributed by atoms with E-state index in [9.17, 15) is 14.0 Å². The minimum absolute atomic E-state index is 0.153. The molecule has 4 aromatic rings. The van der Waals surface area contributed by atoms with Crippen LogP contribution in [0.4, 0.5) is 10.2 Å². The highest BCUT2D eigenvalue weighted by Crippen LogP contribution is 2.32. The largest absolute Gasteiger partial charge is 0.309 e. The standard InChI is InChI=1S/C23H22FN5O2S/c1-14-11-19(29(27-14)16-9-7-15(24)8-10-16)26-20(30)12-28-13-25-22-21(23(28)31)17-5-3-2-4-6-18(17)32-22/h7-11,13H,2-6,12H2,1H3,(H,26,30). The molecule has 0 unspecified atom stereocenters. The Bertz CT molecular complexity index is 1370. The number of hydrogen-bond acceptors (Lipinski definition) is 5. The lowest BCUT2D eigenvalue weighted by atomic mass is 10.1. The molecule has 1 N–H and O–H groups in total. The molecule has 32 heavy (non-hydrogen) atoms. The molecule has 0 saturated carbocycles. The van der Waals surface area contributed by atoms with Gasteiger partial charge in [-0.1, -0.05) is 6.42 Å². The topological polar surface area (TPSA) is 81.8 Å². The predicted molar refractivity (Wildman–Crippen MR) is 122 cm³/mol. The van der Waals surface area contributed by atoms with Gasteiger partial charge in [0.1, 0.15) is 23.0 Å². The monoisotopic (exact) mass is 451 g/mol. The maximum atomic E-state index is 13.3. The summed E-state index contributed by atoms with van der Waals surface area (Å²) in [5.41, 5.74) is 2.26. The maximum absolute atomic E-state index is 13.3. The van der Waals surface area contributed by atoms with Gasteiger partial charge in [-0.3, -0.25) is 14.2 Å². The van der Waals surface area contributed by atoms with Crippen LogP contribution in [0.15, 0.2) is 41.5 Å². The summed E-state index contributed by atoms with van der Waals surface area (Å²) in [6.45, 7) is 1.65. The Kier molecular flexibility index (Phi) is 5.34. The van der Waals surface area contributed by atoms with Crippen LogP contribution in [0.5, 0.6) is 0 Å². The molecule has 0 fully saturated rings. The smallest absolute Gasteiger partial charge is 0.262 e. The summed E-state index contributed by atoms with van der Waals surface area (Å²) in [6.07, 6.45) is 6.70. The molecule has 164 valence electrons. The molecular formula is C23H22FN5O2S. The summed E-state index contributed by atoms with van der Waals surface area (Å²) in [5.74, 6) is -0.264. The lowest BCUT2D eigenvalue weighted by Gasteiger charge is -2.10. The van der Waals surface area contributed by atoms with Gasteiger partial charge in [0.25, 0.3) is 5.56 Å². The van der Waals surface area contributed by atoms with E-state index in [4.69, 9.17) is 0 Å². The zero-order valence-electron chi connectivity index (χ0n) is 17.6. The third kappa shape index (κ3) is 3.84. The van der Waals surface area contributed by atoms with Crippen molar-refractivity contribution in [2.75, 3.05) is 5.32 Å². The fraction of sp³-hybridized carbons (Fsp3) is 0.304. The molecule has 0 bridgehead atoms. The van der Waals surface area contributed by atoms with E-state index in [0.29, 0.717) is 22.6 Å². The van der Waals surface area contributed by atoms with E-state index in [-0.39, 0.29) is 23.8 Å². The van der Waals surface area contributed by atoms with Gasteiger partial charge in [0.05, 0.1) is 23.1 Å². The van der Waals surface area contributed by atoms with Gasteiger partial charge in [0.15, 0.2) is 0 Å². The Balaban J connectivity index is 1.42. The van der Waals surface area contributed by atoms with Crippen molar-refractivity contribution in [3.63, 3.8) is 0 Å². The lowest BCUT2D eigenvalue weighted by Crippen LogP contribution is -2.28. The summed E-state index contributed by atoms with van der Waals surface area (Å²) >= 11 is 1.60. The minimum Gasteiger partial charge on any atom is -0.309 e. The van der Waals surface area contributed by atoms with Gasteiger partial charge >= 0.3 is 0 Å². The number of benzene rings is 1. The fourth-order valence-corrected chi connectivity index (χ4v) is 5.39. The zero-order valence-corrected chi connectivity index (χ0v) is 18.4. The van der Waals surface area contributed by atoms with Crippen molar-refractivity contribution < 1.29 is 9.18 Å². The normalized spacial score (nSPS) is 13.7. The second-order valence-electron chi connectivity index (χ2n) is 8.03. The molecule has 0 saturated heterocycles. The van der Waals surface area contributed by atoms with E-state index in [1.54, 1.807) is 36.5 Å². The molecule has 0 aliphatic heterocycles. The van der Waals surface area contributed by atoms with E-state index in [0.717, 1.165) is 36.1 Å². The van der Waals surface area contributed by atoms with Crippen LogP contribution in [0.1, 0.15) is 35.4 Å². The average molecular weight is 452 g/mol. The number of carbonyl (C=O) groups excluding carboxylic acids is 1. The molecule has 3 heterocycles. The van der Waals surface area contributed by atoms with E-state index < -0.39 is 0 Å². The first-order valence-corrected chi connectivity index (χ1v) is 11.4. The van der Waals surface area contributed by atoms with Crippen LogP contribution in [0, 0.1) is 12.7 Å². The number of hydrogen-bond donors (Lipinski definition) is 1. The summed E-state index contributed by atoms with van der Waals surface area (Å²) in [4.78, 5) is 32.5. The first-order chi connectivity index (χ1) is 15.5. The van der Waals surface area contributed by atoms with Crippen molar-refractivity contribution in [3.05, 3.63) is 69.0 Å². The van der Waals surface area contributed by atoms with Gasteiger partial charge in [0.2, 0.25) is 5.91 Å². The number of fused-ring (bicyclic) bond motifs is 3. The van der Waals surface area contributed by atoms with E-state index in [1.807, 2.05) is 0 Å². The first-order valence-electron chi connectivity index (χ1n) is 10.6. The molecule has 1 amide bonds. The second-order valence-corrected chi connectivity index (χ2v) is 9.11. The molecular weight excluding hydrogens is 429 g/mol. The Morgan fingerprint density at radius 2 is 1.97 bits per heavy atom. The molecule has 0 spiro atoms. The van der Waals surface area contributed by atoms with E-state index in [1.165, 1.54) is 39.0 Å². The molecule has 3 aromatic heterocycles. The van der Waals surface area contributed by atoms with Crippen molar-refractivity contribution in [2.24, 2.45) is 0 Å². The molecule has 0 radical (unpaired) electrons.